The molecule has 0 N–H and O–H groups in total. The number of nitrogens with zero attached hydrogens (tertiary/aromatic N) is 2. The number of aryl methyl sites for hydroxylation is 1. The molecule has 140 valence electrons. The fourth-order valence-electron chi connectivity index (χ4n) is 2.92. The Hall–Kier alpha value is -2.32. The van der Waals surface area contributed by atoms with E-state index in [2.05, 4.69) is 0 Å². The Morgan fingerprint density at radius 1 is 1.15 bits per heavy atom. The summed E-state index contributed by atoms with van der Waals surface area (Å²) in [6.07, 6.45) is 0.277. The van der Waals surface area contributed by atoms with Crippen molar-refractivity contribution in [2.45, 2.75) is 24.3 Å². The Labute approximate surface area is 152 Å². The molecule has 7 nitrogen and oxygen atoms in total. The molecule has 3 rings (SSSR count). The van der Waals surface area contributed by atoms with Crippen molar-refractivity contribution in [3.63, 3.8) is 0 Å². The predicted molar refractivity (Wildman–Crippen MR) is 97.2 cm³/mol. The number of sulfonamides is 1. The number of pyridine rings is 1. The summed E-state index contributed by atoms with van der Waals surface area (Å²) in [5.41, 5.74) is 0.630. The highest BCUT2D eigenvalue weighted by atomic mass is 32.2. The predicted octanol–water partition coefficient (Wildman–Crippen LogP) is 1.54. The zero-order chi connectivity index (χ0) is 18.9. The van der Waals surface area contributed by atoms with Gasteiger partial charge in [0.1, 0.15) is 17.6 Å². The molecule has 0 bridgehead atoms. The molecule has 0 saturated carbocycles. The third-order valence-corrected chi connectivity index (χ3v) is 6.43. The van der Waals surface area contributed by atoms with E-state index in [1.165, 1.54) is 28.1 Å². The number of rotatable bonds is 5. The molecule has 1 aromatic carbocycles. The third kappa shape index (κ3) is 3.61. The normalized spacial score (nSPS) is 18.0. The monoisotopic (exact) mass is 378 g/mol. The summed E-state index contributed by atoms with van der Waals surface area (Å²) in [4.78, 5) is 12.1. The second-order valence-electron chi connectivity index (χ2n) is 6.30. The van der Waals surface area contributed by atoms with Gasteiger partial charge in [0.05, 0.1) is 18.6 Å². The van der Waals surface area contributed by atoms with E-state index in [-0.39, 0.29) is 23.1 Å². The lowest BCUT2D eigenvalue weighted by molar-refractivity contribution is 0.214. The zero-order valence-electron chi connectivity index (χ0n) is 15.0. The first-order valence-corrected chi connectivity index (χ1v) is 9.74. The van der Waals surface area contributed by atoms with Gasteiger partial charge in [0.25, 0.3) is 5.56 Å². The lowest BCUT2D eigenvalue weighted by atomic mass is 10.3. The van der Waals surface area contributed by atoms with E-state index >= 15 is 0 Å². The Bertz CT molecular complexity index is 968. The summed E-state index contributed by atoms with van der Waals surface area (Å²) < 4.78 is 39.5. The lowest BCUT2D eigenvalue weighted by Gasteiger charge is -2.18. The number of hydrogen-bond acceptors (Lipinski definition) is 5. The second-order valence-corrected chi connectivity index (χ2v) is 8.24. The van der Waals surface area contributed by atoms with Gasteiger partial charge in [-0.05, 0) is 31.5 Å². The molecule has 0 spiro atoms. The van der Waals surface area contributed by atoms with Crippen LogP contribution in [0.1, 0.15) is 12.1 Å². The average molecular weight is 378 g/mol. The molecule has 0 amide bonds. The van der Waals surface area contributed by atoms with Crippen molar-refractivity contribution < 1.29 is 17.9 Å². The first kappa shape index (κ1) is 18.5. The molecule has 1 fully saturated rings. The van der Waals surface area contributed by atoms with Crippen LogP contribution in [0, 0.1) is 6.92 Å². The van der Waals surface area contributed by atoms with Gasteiger partial charge < -0.3 is 14.0 Å². The van der Waals surface area contributed by atoms with Crippen LogP contribution in [0.2, 0.25) is 0 Å². The van der Waals surface area contributed by atoms with Crippen LogP contribution in [0.5, 0.6) is 11.5 Å². The molecule has 8 heteroatoms. The second kappa shape index (κ2) is 7.13. The van der Waals surface area contributed by atoms with Crippen LogP contribution >= 0.6 is 0 Å². The maximum Gasteiger partial charge on any atom is 0.254 e. The molecular weight excluding hydrogens is 356 g/mol. The molecule has 26 heavy (non-hydrogen) atoms. The lowest BCUT2D eigenvalue weighted by Crippen LogP contribution is -2.31. The van der Waals surface area contributed by atoms with E-state index in [0.29, 0.717) is 24.5 Å². The minimum Gasteiger partial charge on any atom is -0.497 e. The van der Waals surface area contributed by atoms with Crippen molar-refractivity contribution in [2.24, 2.45) is 7.05 Å². The summed E-state index contributed by atoms with van der Waals surface area (Å²) in [6.45, 7) is 2.43. The number of aromatic nitrogens is 1. The molecule has 2 heterocycles. The quantitative estimate of drug-likeness (QED) is 0.789. The third-order valence-electron chi connectivity index (χ3n) is 4.57. The molecule has 2 aromatic rings. The molecular formula is C18H22N2O5S. The Morgan fingerprint density at radius 3 is 2.62 bits per heavy atom. The van der Waals surface area contributed by atoms with Crippen molar-refractivity contribution in [3.8, 4) is 11.5 Å². The molecule has 1 aromatic heterocycles. The molecule has 0 aliphatic carbocycles. The molecule has 1 aliphatic heterocycles. The van der Waals surface area contributed by atoms with Crippen LogP contribution in [0.3, 0.4) is 0 Å². The molecule has 1 aliphatic rings. The number of benzene rings is 1. The summed E-state index contributed by atoms with van der Waals surface area (Å²) in [5, 5.41) is 0. The van der Waals surface area contributed by atoms with Crippen molar-refractivity contribution in [1.29, 1.82) is 0 Å². The first-order valence-electron chi connectivity index (χ1n) is 8.30. The van der Waals surface area contributed by atoms with E-state index in [9.17, 15) is 13.2 Å². The molecule has 1 unspecified atom stereocenters. The highest BCUT2D eigenvalue weighted by Gasteiger charge is 2.34. The average Bonchev–Trinajstić information content (AvgIpc) is 3.09. The van der Waals surface area contributed by atoms with E-state index in [1.54, 1.807) is 31.3 Å². The van der Waals surface area contributed by atoms with Gasteiger partial charge in [-0.25, -0.2) is 8.42 Å². The smallest absolute Gasteiger partial charge is 0.254 e. The Balaban J connectivity index is 1.74. The van der Waals surface area contributed by atoms with Crippen molar-refractivity contribution >= 4 is 10.0 Å². The van der Waals surface area contributed by atoms with Gasteiger partial charge in [-0.15, -0.1) is 0 Å². The van der Waals surface area contributed by atoms with Crippen LogP contribution in [-0.4, -0.2) is 43.6 Å². The fourth-order valence-corrected chi connectivity index (χ4v) is 4.44. The summed E-state index contributed by atoms with van der Waals surface area (Å²) >= 11 is 0. The van der Waals surface area contributed by atoms with E-state index in [4.69, 9.17) is 9.47 Å². The molecule has 0 radical (unpaired) electrons. The standard InChI is InChI=1S/C18H22N2O5S/c1-13-9-16(11-18(21)19(13)2)25-15-7-8-20(12-15)26(22,23)17-6-4-5-14(10-17)24-3/h4-6,9-11,15H,7-8,12H2,1-3H3. The van der Waals surface area contributed by atoms with Gasteiger partial charge in [-0.3, -0.25) is 4.79 Å². The van der Waals surface area contributed by atoms with Crippen LogP contribution in [0.25, 0.3) is 0 Å². The van der Waals surface area contributed by atoms with Gasteiger partial charge in [0.15, 0.2) is 0 Å². The highest BCUT2D eigenvalue weighted by Crippen LogP contribution is 2.26. The van der Waals surface area contributed by atoms with Crippen LogP contribution in [0.15, 0.2) is 46.1 Å². The SMILES string of the molecule is COc1cccc(S(=O)(=O)N2CCC(Oc3cc(C)n(C)c(=O)c3)C2)c1. The van der Waals surface area contributed by atoms with Crippen LogP contribution in [-0.2, 0) is 17.1 Å². The Morgan fingerprint density at radius 2 is 1.92 bits per heavy atom. The number of methoxy groups -OCH3 is 1. The summed E-state index contributed by atoms with van der Waals surface area (Å²) in [6, 6.07) is 9.61. The summed E-state index contributed by atoms with van der Waals surface area (Å²) in [5.74, 6) is 0.963. The van der Waals surface area contributed by atoms with Gasteiger partial charge in [-0.2, -0.15) is 4.31 Å². The topological polar surface area (TPSA) is 77.8 Å². The van der Waals surface area contributed by atoms with Crippen molar-refractivity contribution in [3.05, 3.63) is 52.4 Å². The van der Waals surface area contributed by atoms with Gasteiger partial charge in [-0.1, -0.05) is 6.07 Å². The fraction of sp³-hybridized carbons (Fsp3) is 0.389. The van der Waals surface area contributed by atoms with Crippen molar-refractivity contribution in [1.82, 2.24) is 8.87 Å². The largest absolute Gasteiger partial charge is 0.497 e. The number of ether oxygens (including phenoxy) is 2. The highest BCUT2D eigenvalue weighted by molar-refractivity contribution is 7.89. The maximum atomic E-state index is 12.8. The number of hydrogen-bond donors (Lipinski definition) is 0. The van der Waals surface area contributed by atoms with Crippen LogP contribution in [0.4, 0.5) is 0 Å². The van der Waals surface area contributed by atoms with E-state index < -0.39 is 10.0 Å². The van der Waals surface area contributed by atoms with Gasteiger partial charge >= 0.3 is 0 Å². The maximum absolute atomic E-state index is 12.8. The summed E-state index contributed by atoms with van der Waals surface area (Å²) in [7, 11) is -0.421. The molecule has 1 saturated heterocycles. The van der Waals surface area contributed by atoms with Crippen LogP contribution < -0.4 is 15.0 Å². The van der Waals surface area contributed by atoms with Gasteiger partial charge in [0, 0.05) is 31.4 Å². The Kier molecular flexibility index (Phi) is 5.06. The van der Waals surface area contributed by atoms with Gasteiger partial charge in [0.2, 0.25) is 10.0 Å². The van der Waals surface area contributed by atoms with E-state index in [0.717, 1.165) is 5.69 Å². The van der Waals surface area contributed by atoms with E-state index in [1.807, 2.05) is 6.92 Å². The minimum atomic E-state index is -3.61. The minimum absolute atomic E-state index is 0.154. The molecule has 1 atom stereocenters. The first-order chi connectivity index (χ1) is 12.3. The zero-order valence-corrected chi connectivity index (χ0v) is 15.8. The van der Waals surface area contributed by atoms with Crippen molar-refractivity contribution in [2.75, 3.05) is 20.2 Å².